The highest BCUT2D eigenvalue weighted by Crippen LogP contribution is 2.28. The summed E-state index contributed by atoms with van der Waals surface area (Å²) in [7, 11) is 0. The number of carbonyl (C=O) groups excluding carboxylic acids is 1. The van der Waals surface area contributed by atoms with Gasteiger partial charge in [0.15, 0.2) is 0 Å². The third-order valence-electron chi connectivity index (χ3n) is 4.37. The molecule has 116 valence electrons. The van der Waals surface area contributed by atoms with Gasteiger partial charge in [-0.05, 0) is 43.7 Å². The summed E-state index contributed by atoms with van der Waals surface area (Å²) < 4.78 is 0. The van der Waals surface area contributed by atoms with E-state index in [-0.39, 0.29) is 17.4 Å². The van der Waals surface area contributed by atoms with Gasteiger partial charge in [-0.15, -0.1) is 0 Å². The lowest BCUT2D eigenvalue weighted by molar-refractivity contribution is -0.122. The van der Waals surface area contributed by atoms with Crippen molar-refractivity contribution in [2.24, 2.45) is 0 Å². The lowest BCUT2D eigenvalue weighted by Gasteiger charge is -2.29. The van der Waals surface area contributed by atoms with Crippen LogP contribution < -0.4 is 10.6 Å². The molecule has 1 aliphatic rings. The molecule has 2 N–H and O–H groups in total. The Morgan fingerprint density at radius 3 is 2.71 bits per heavy atom. The molecular weight excluding hydrogens is 260 g/mol. The van der Waals surface area contributed by atoms with Crippen LogP contribution in [0.1, 0.15) is 52.0 Å². The average molecular weight is 288 g/mol. The SMILES string of the molecule is CC(CC(C)(C)c1ccccc1)NC(=O)CC1CCCN1. The highest BCUT2D eigenvalue weighted by Gasteiger charge is 2.25. The summed E-state index contributed by atoms with van der Waals surface area (Å²) in [6.45, 7) is 7.63. The van der Waals surface area contributed by atoms with E-state index in [0.29, 0.717) is 12.5 Å². The van der Waals surface area contributed by atoms with Crippen molar-refractivity contribution in [1.82, 2.24) is 10.6 Å². The summed E-state index contributed by atoms with van der Waals surface area (Å²) in [6, 6.07) is 11.1. The van der Waals surface area contributed by atoms with Gasteiger partial charge >= 0.3 is 0 Å². The zero-order valence-electron chi connectivity index (χ0n) is 13.5. The van der Waals surface area contributed by atoms with Gasteiger partial charge < -0.3 is 10.6 Å². The van der Waals surface area contributed by atoms with Gasteiger partial charge in [0.05, 0.1) is 0 Å². The third kappa shape index (κ3) is 4.85. The van der Waals surface area contributed by atoms with Crippen LogP contribution in [-0.2, 0) is 10.2 Å². The predicted octanol–water partition coefficient (Wildman–Crippen LogP) is 3.00. The zero-order valence-corrected chi connectivity index (χ0v) is 13.5. The molecule has 0 radical (unpaired) electrons. The maximum absolute atomic E-state index is 12.1. The molecule has 1 aromatic carbocycles. The van der Waals surface area contributed by atoms with Crippen LogP contribution in [0.25, 0.3) is 0 Å². The fourth-order valence-corrected chi connectivity index (χ4v) is 3.31. The summed E-state index contributed by atoms with van der Waals surface area (Å²) >= 11 is 0. The van der Waals surface area contributed by atoms with Gasteiger partial charge in [-0.3, -0.25) is 4.79 Å². The second-order valence-electron chi connectivity index (χ2n) is 6.92. The van der Waals surface area contributed by atoms with E-state index in [4.69, 9.17) is 0 Å². The maximum atomic E-state index is 12.1. The molecule has 2 unspecified atom stereocenters. The van der Waals surface area contributed by atoms with Crippen LogP contribution in [0.3, 0.4) is 0 Å². The third-order valence-corrected chi connectivity index (χ3v) is 4.37. The topological polar surface area (TPSA) is 41.1 Å². The summed E-state index contributed by atoms with van der Waals surface area (Å²) in [5.41, 5.74) is 1.39. The molecular formula is C18H28N2O. The van der Waals surface area contributed by atoms with Gasteiger partial charge in [0.25, 0.3) is 0 Å². The van der Waals surface area contributed by atoms with E-state index in [1.54, 1.807) is 0 Å². The molecule has 1 heterocycles. The first-order valence-corrected chi connectivity index (χ1v) is 8.05. The van der Waals surface area contributed by atoms with E-state index in [9.17, 15) is 4.79 Å². The monoisotopic (exact) mass is 288 g/mol. The van der Waals surface area contributed by atoms with Crippen molar-refractivity contribution < 1.29 is 4.79 Å². The van der Waals surface area contributed by atoms with E-state index in [2.05, 4.69) is 55.7 Å². The fraction of sp³-hybridized carbons (Fsp3) is 0.611. The van der Waals surface area contributed by atoms with E-state index < -0.39 is 0 Å². The number of carbonyl (C=O) groups is 1. The number of amides is 1. The molecule has 2 atom stereocenters. The van der Waals surface area contributed by atoms with Crippen molar-refractivity contribution in [3.63, 3.8) is 0 Å². The van der Waals surface area contributed by atoms with Crippen molar-refractivity contribution in [2.75, 3.05) is 6.54 Å². The minimum absolute atomic E-state index is 0.0690. The van der Waals surface area contributed by atoms with Crippen LogP contribution in [0.2, 0.25) is 0 Å². The Morgan fingerprint density at radius 2 is 2.10 bits per heavy atom. The lowest BCUT2D eigenvalue weighted by atomic mass is 9.79. The minimum atomic E-state index is 0.0690. The Morgan fingerprint density at radius 1 is 1.38 bits per heavy atom. The van der Waals surface area contributed by atoms with Crippen LogP contribution in [0.5, 0.6) is 0 Å². The van der Waals surface area contributed by atoms with E-state index in [1.807, 2.05) is 6.07 Å². The van der Waals surface area contributed by atoms with Gasteiger partial charge in [-0.2, -0.15) is 0 Å². The first-order chi connectivity index (χ1) is 9.97. The quantitative estimate of drug-likeness (QED) is 0.845. The largest absolute Gasteiger partial charge is 0.354 e. The molecule has 0 aliphatic carbocycles. The molecule has 2 rings (SSSR count). The molecule has 1 aliphatic heterocycles. The zero-order chi connectivity index (χ0) is 15.3. The van der Waals surface area contributed by atoms with Crippen molar-refractivity contribution in [2.45, 2.75) is 64.0 Å². The van der Waals surface area contributed by atoms with Crippen LogP contribution in [0, 0.1) is 0 Å². The van der Waals surface area contributed by atoms with Gasteiger partial charge in [0.1, 0.15) is 0 Å². The predicted molar refractivity (Wildman–Crippen MR) is 87.3 cm³/mol. The number of hydrogen-bond donors (Lipinski definition) is 2. The molecule has 21 heavy (non-hydrogen) atoms. The van der Waals surface area contributed by atoms with Gasteiger partial charge in [0, 0.05) is 18.5 Å². The fourth-order valence-electron chi connectivity index (χ4n) is 3.31. The Hall–Kier alpha value is -1.35. The van der Waals surface area contributed by atoms with E-state index in [0.717, 1.165) is 19.4 Å². The van der Waals surface area contributed by atoms with Gasteiger partial charge in [-0.25, -0.2) is 0 Å². The number of rotatable bonds is 6. The number of benzene rings is 1. The molecule has 1 amide bonds. The second-order valence-corrected chi connectivity index (χ2v) is 6.92. The minimum Gasteiger partial charge on any atom is -0.354 e. The van der Waals surface area contributed by atoms with Crippen molar-refractivity contribution >= 4 is 5.91 Å². The second kappa shape index (κ2) is 7.08. The van der Waals surface area contributed by atoms with Crippen molar-refractivity contribution in [3.05, 3.63) is 35.9 Å². The average Bonchev–Trinajstić information content (AvgIpc) is 2.91. The Bertz CT molecular complexity index is 450. The molecule has 0 saturated carbocycles. The first-order valence-electron chi connectivity index (χ1n) is 8.05. The van der Waals surface area contributed by atoms with Crippen LogP contribution in [-0.4, -0.2) is 24.5 Å². The molecule has 1 aromatic rings. The van der Waals surface area contributed by atoms with Crippen molar-refractivity contribution in [1.29, 1.82) is 0 Å². The van der Waals surface area contributed by atoms with E-state index in [1.165, 1.54) is 12.0 Å². The smallest absolute Gasteiger partial charge is 0.221 e. The molecule has 0 spiro atoms. The molecule has 0 aromatic heterocycles. The Kier molecular flexibility index (Phi) is 5.40. The Labute approximate surface area is 128 Å². The summed E-state index contributed by atoms with van der Waals surface area (Å²) in [5, 5.41) is 6.53. The standard InChI is InChI=1S/C18H28N2O/c1-14(20-17(21)12-16-10-7-11-19-16)13-18(2,3)15-8-5-4-6-9-15/h4-6,8-9,14,16,19H,7,10-13H2,1-3H3,(H,20,21). The summed E-state index contributed by atoms with van der Waals surface area (Å²) in [5.74, 6) is 0.172. The maximum Gasteiger partial charge on any atom is 0.221 e. The first kappa shape index (κ1) is 16.0. The Balaban J connectivity index is 1.83. The highest BCUT2D eigenvalue weighted by atomic mass is 16.1. The molecule has 3 nitrogen and oxygen atoms in total. The lowest BCUT2D eigenvalue weighted by Crippen LogP contribution is -2.39. The molecule has 1 saturated heterocycles. The van der Waals surface area contributed by atoms with Gasteiger partial charge in [0.2, 0.25) is 5.91 Å². The van der Waals surface area contributed by atoms with Gasteiger partial charge in [-0.1, -0.05) is 44.2 Å². The van der Waals surface area contributed by atoms with Crippen LogP contribution in [0.15, 0.2) is 30.3 Å². The molecule has 0 bridgehead atoms. The normalized spacial score (nSPS) is 20.2. The van der Waals surface area contributed by atoms with Crippen LogP contribution >= 0.6 is 0 Å². The number of nitrogens with one attached hydrogen (secondary N) is 2. The summed E-state index contributed by atoms with van der Waals surface area (Å²) in [6.07, 6.45) is 3.86. The van der Waals surface area contributed by atoms with E-state index >= 15 is 0 Å². The number of hydrogen-bond acceptors (Lipinski definition) is 2. The van der Waals surface area contributed by atoms with Crippen LogP contribution in [0.4, 0.5) is 0 Å². The summed E-state index contributed by atoms with van der Waals surface area (Å²) in [4.78, 5) is 12.1. The molecule has 3 heteroatoms. The van der Waals surface area contributed by atoms with Crippen molar-refractivity contribution in [3.8, 4) is 0 Å². The highest BCUT2D eigenvalue weighted by molar-refractivity contribution is 5.76. The molecule has 1 fully saturated rings.